The van der Waals surface area contributed by atoms with Crippen LogP contribution < -0.4 is 11.5 Å². The van der Waals surface area contributed by atoms with E-state index in [1.54, 1.807) is 19.2 Å². The Hall–Kier alpha value is -3.19. The number of hydrogen-bond acceptors (Lipinski definition) is 7. The van der Waals surface area contributed by atoms with Crippen LogP contribution in [0.2, 0.25) is 5.02 Å². The third-order valence-electron chi connectivity index (χ3n) is 5.48. The number of benzene rings is 2. The summed E-state index contributed by atoms with van der Waals surface area (Å²) in [5, 5.41) is 9.19. The number of para-hydroxylation sites is 1. The van der Waals surface area contributed by atoms with Gasteiger partial charge in [-0.3, -0.25) is 9.59 Å². The third kappa shape index (κ3) is 10.1. The van der Waals surface area contributed by atoms with E-state index in [0.717, 1.165) is 28.2 Å². The van der Waals surface area contributed by atoms with Crippen LogP contribution in [0.1, 0.15) is 18.4 Å². The van der Waals surface area contributed by atoms with Crippen LogP contribution in [-0.4, -0.2) is 63.8 Å². The summed E-state index contributed by atoms with van der Waals surface area (Å²) in [6, 6.07) is 17.3. The Morgan fingerprint density at radius 3 is 2.28 bits per heavy atom. The van der Waals surface area contributed by atoms with Gasteiger partial charge in [0, 0.05) is 17.5 Å². The van der Waals surface area contributed by atoms with Crippen molar-refractivity contribution >= 4 is 51.3 Å². The molecule has 2 aromatic carbocycles. The fourth-order valence-electron chi connectivity index (χ4n) is 3.43. The van der Waals surface area contributed by atoms with Crippen molar-refractivity contribution in [2.24, 2.45) is 11.5 Å². The van der Waals surface area contributed by atoms with Crippen molar-refractivity contribution in [1.82, 2.24) is 9.88 Å². The number of carbonyl (C=O) groups is 3. The van der Waals surface area contributed by atoms with Crippen LogP contribution in [0.5, 0.6) is 0 Å². The average Bonchev–Trinajstić information content (AvgIpc) is 2.89. The van der Waals surface area contributed by atoms with Crippen molar-refractivity contribution in [2.75, 3.05) is 13.6 Å². The van der Waals surface area contributed by atoms with Crippen LogP contribution in [0.4, 0.5) is 13.2 Å². The largest absolute Gasteiger partial charge is 0.490 e. The number of amides is 1. The minimum atomic E-state index is -5.08. The molecule has 5 N–H and O–H groups in total. The molecule has 2 atom stereocenters. The van der Waals surface area contributed by atoms with Gasteiger partial charge in [0.05, 0.1) is 11.6 Å². The molecule has 0 aliphatic carbocycles. The molecule has 39 heavy (non-hydrogen) atoms. The van der Waals surface area contributed by atoms with Crippen molar-refractivity contribution in [3.05, 3.63) is 71.2 Å². The SMILES string of the molecule is CN(C(=O)[C@@H](N)Cc1ccc(Cl)cc1)[C@@H](CCCN)C(=O)Sc1ccc2ccccc2n1.O=C(O)C(F)(F)F. The minimum absolute atomic E-state index is 0.157. The summed E-state index contributed by atoms with van der Waals surface area (Å²) >= 11 is 6.96. The summed E-state index contributed by atoms with van der Waals surface area (Å²) in [5.74, 6) is -3.05. The standard InChI is InChI=1S/C24H27ClN4O2S.C2HF3O2/c1-29(23(30)19(27)15-16-8-11-18(25)12-9-16)21(7-4-14-26)24(31)32-22-13-10-17-5-2-3-6-20(17)28-22;3-2(4,5)1(6)7/h2-3,5-6,8-13,19,21H,4,7,14-15,26-27H2,1H3;(H,6,7)/t19-,21-;/m0./s1. The van der Waals surface area contributed by atoms with Crippen LogP contribution >= 0.6 is 23.4 Å². The van der Waals surface area contributed by atoms with Crippen LogP contribution in [0, 0.1) is 0 Å². The molecule has 8 nitrogen and oxygen atoms in total. The maximum atomic E-state index is 13.2. The monoisotopic (exact) mass is 584 g/mol. The lowest BCUT2D eigenvalue weighted by Gasteiger charge is -2.29. The number of carbonyl (C=O) groups excluding carboxylic acids is 2. The zero-order chi connectivity index (χ0) is 29.2. The molecule has 1 aromatic heterocycles. The van der Waals surface area contributed by atoms with E-state index in [4.69, 9.17) is 33.0 Å². The van der Waals surface area contributed by atoms with Gasteiger partial charge in [-0.1, -0.05) is 48.0 Å². The molecule has 3 aromatic rings. The van der Waals surface area contributed by atoms with E-state index in [-0.39, 0.29) is 11.0 Å². The number of pyridine rings is 1. The first-order valence-electron chi connectivity index (χ1n) is 11.7. The second-order valence-corrected chi connectivity index (χ2v) is 9.86. The van der Waals surface area contributed by atoms with Crippen LogP contribution in [-0.2, 0) is 20.8 Å². The molecule has 0 saturated carbocycles. The first-order valence-corrected chi connectivity index (χ1v) is 12.9. The Morgan fingerprint density at radius 2 is 1.69 bits per heavy atom. The quantitative estimate of drug-likeness (QED) is 0.317. The van der Waals surface area contributed by atoms with Gasteiger partial charge >= 0.3 is 12.1 Å². The van der Waals surface area contributed by atoms with E-state index >= 15 is 0 Å². The number of aromatic nitrogens is 1. The van der Waals surface area contributed by atoms with Crippen LogP contribution in [0.25, 0.3) is 10.9 Å². The Morgan fingerprint density at radius 1 is 1.08 bits per heavy atom. The topological polar surface area (TPSA) is 140 Å². The number of carboxylic acid groups (broad SMARTS) is 1. The van der Waals surface area contributed by atoms with Gasteiger partial charge in [0.15, 0.2) is 0 Å². The number of fused-ring (bicyclic) bond motifs is 1. The van der Waals surface area contributed by atoms with Gasteiger partial charge < -0.3 is 21.5 Å². The van der Waals surface area contributed by atoms with Crippen molar-refractivity contribution in [2.45, 2.75) is 42.5 Å². The van der Waals surface area contributed by atoms with Gasteiger partial charge in [0.2, 0.25) is 11.0 Å². The highest BCUT2D eigenvalue weighted by Crippen LogP contribution is 2.25. The fourth-order valence-corrected chi connectivity index (χ4v) is 4.46. The van der Waals surface area contributed by atoms with E-state index in [0.29, 0.717) is 35.9 Å². The van der Waals surface area contributed by atoms with Gasteiger partial charge in [0.25, 0.3) is 0 Å². The van der Waals surface area contributed by atoms with Gasteiger partial charge in [-0.05, 0) is 67.4 Å². The Labute approximate surface area is 232 Å². The number of carboxylic acids is 1. The number of halogens is 4. The maximum Gasteiger partial charge on any atom is 0.490 e. The molecule has 0 saturated heterocycles. The molecule has 3 rings (SSSR count). The predicted octanol–water partition coefficient (Wildman–Crippen LogP) is 4.28. The number of nitrogens with zero attached hydrogens (tertiary/aromatic N) is 2. The molecule has 0 aliphatic rings. The minimum Gasteiger partial charge on any atom is -0.475 e. The lowest BCUT2D eigenvalue weighted by molar-refractivity contribution is -0.192. The first-order chi connectivity index (χ1) is 18.3. The number of rotatable bonds is 9. The van der Waals surface area contributed by atoms with Gasteiger partial charge in [-0.25, -0.2) is 9.78 Å². The van der Waals surface area contributed by atoms with Crippen LogP contribution in [0.15, 0.2) is 65.7 Å². The zero-order valence-corrected chi connectivity index (χ0v) is 22.5. The average molecular weight is 585 g/mol. The molecule has 1 amide bonds. The number of nitrogens with two attached hydrogens (primary N) is 2. The zero-order valence-electron chi connectivity index (χ0n) is 20.9. The molecule has 13 heteroatoms. The normalized spacial score (nSPS) is 12.7. The number of alkyl halides is 3. The first kappa shape index (κ1) is 32.0. The summed E-state index contributed by atoms with van der Waals surface area (Å²) in [6.45, 7) is 0.432. The smallest absolute Gasteiger partial charge is 0.475 e. The van der Waals surface area contributed by atoms with E-state index in [1.807, 2.05) is 48.5 Å². The number of hydrogen-bond donors (Lipinski definition) is 3. The summed E-state index contributed by atoms with van der Waals surface area (Å²) in [7, 11) is 1.62. The van der Waals surface area contributed by atoms with Crippen molar-refractivity contribution < 1.29 is 32.7 Å². The molecule has 0 fully saturated rings. The third-order valence-corrected chi connectivity index (χ3v) is 6.64. The number of likely N-dealkylation sites (N-methyl/N-ethyl adjacent to an activating group) is 1. The van der Waals surface area contributed by atoms with E-state index in [1.165, 1.54) is 4.90 Å². The summed E-state index contributed by atoms with van der Waals surface area (Å²) in [4.78, 5) is 41.1. The molecule has 0 spiro atoms. The molecule has 0 unspecified atom stereocenters. The van der Waals surface area contributed by atoms with E-state index < -0.39 is 24.2 Å². The highest BCUT2D eigenvalue weighted by Gasteiger charge is 2.38. The van der Waals surface area contributed by atoms with Gasteiger partial charge in [-0.15, -0.1) is 0 Å². The lowest BCUT2D eigenvalue weighted by atomic mass is 10.0. The van der Waals surface area contributed by atoms with Crippen molar-refractivity contribution in [3.8, 4) is 0 Å². The lowest BCUT2D eigenvalue weighted by Crippen LogP contribution is -2.49. The van der Waals surface area contributed by atoms with Crippen LogP contribution in [0.3, 0.4) is 0 Å². The van der Waals surface area contributed by atoms with Crippen molar-refractivity contribution in [1.29, 1.82) is 0 Å². The molecule has 0 aliphatic heterocycles. The molecular formula is C26H28ClF3N4O4S. The number of aliphatic carboxylic acids is 1. The van der Waals surface area contributed by atoms with Gasteiger partial charge in [-0.2, -0.15) is 13.2 Å². The molecular weight excluding hydrogens is 557 g/mol. The summed E-state index contributed by atoms with van der Waals surface area (Å²) in [6.07, 6.45) is -3.64. The second kappa shape index (κ2) is 14.8. The Balaban J connectivity index is 0.000000673. The Bertz CT molecular complexity index is 1280. The van der Waals surface area contributed by atoms with E-state index in [9.17, 15) is 22.8 Å². The summed E-state index contributed by atoms with van der Waals surface area (Å²) in [5.41, 5.74) is 13.6. The number of thioether (sulfide) groups is 1. The molecule has 0 radical (unpaired) electrons. The predicted molar refractivity (Wildman–Crippen MR) is 144 cm³/mol. The fraction of sp³-hybridized carbons (Fsp3) is 0.308. The van der Waals surface area contributed by atoms with E-state index in [2.05, 4.69) is 4.98 Å². The van der Waals surface area contributed by atoms with Gasteiger partial charge in [0.1, 0.15) is 11.1 Å². The molecule has 1 heterocycles. The molecule has 0 bridgehead atoms. The second-order valence-electron chi connectivity index (χ2n) is 8.40. The molecule has 210 valence electrons. The highest BCUT2D eigenvalue weighted by molar-refractivity contribution is 8.13. The highest BCUT2D eigenvalue weighted by atomic mass is 35.5. The summed E-state index contributed by atoms with van der Waals surface area (Å²) < 4.78 is 31.7. The van der Waals surface area contributed by atoms with Crippen molar-refractivity contribution in [3.63, 3.8) is 0 Å². The Kier molecular flexibility index (Phi) is 12.2. The maximum absolute atomic E-state index is 13.2.